The van der Waals surface area contributed by atoms with Crippen molar-refractivity contribution in [3.05, 3.63) is 113 Å². The Bertz CT molecular complexity index is 1630. The predicted molar refractivity (Wildman–Crippen MR) is 149 cm³/mol. The number of ether oxygens (including phenoxy) is 1. The predicted octanol–water partition coefficient (Wildman–Crippen LogP) is 5.21. The van der Waals surface area contributed by atoms with E-state index >= 15 is 0 Å². The van der Waals surface area contributed by atoms with Crippen molar-refractivity contribution in [3.8, 4) is 5.75 Å². The molecule has 5 aromatic rings. The van der Waals surface area contributed by atoms with Crippen LogP contribution in [0.25, 0.3) is 10.8 Å². The van der Waals surface area contributed by atoms with Crippen LogP contribution < -0.4 is 9.46 Å². The minimum Gasteiger partial charge on any atom is -0.493 e. The van der Waals surface area contributed by atoms with E-state index in [0.717, 1.165) is 17.5 Å². The molecule has 0 spiro atoms. The summed E-state index contributed by atoms with van der Waals surface area (Å²) in [6, 6.07) is 23.9. The Hall–Kier alpha value is -3.95. The molecule has 0 aliphatic heterocycles. The van der Waals surface area contributed by atoms with Crippen molar-refractivity contribution in [2.24, 2.45) is 0 Å². The van der Waals surface area contributed by atoms with Gasteiger partial charge in [0.2, 0.25) is 5.91 Å². The molecule has 0 unspecified atom stereocenters. The molecule has 1 N–H and O–H groups in total. The maximum absolute atomic E-state index is 12.5. The van der Waals surface area contributed by atoms with Crippen molar-refractivity contribution in [1.82, 2.24) is 14.5 Å². The number of thiophene rings is 1. The van der Waals surface area contributed by atoms with Gasteiger partial charge in [-0.2, -0.15) is 16.4 Å². The summed E-state index contributed by atoms with van der Waals surface area (Å²) in [6.45, 7) is 1.06. The number of aryl methyl sites for hydroxylation is 1. The quantitative estimate of drug-likeness (QED) is 0.246. The van der Waals surface area contributed by atoms with Gasteiger partial charge in [-0.1, -0.05) is 54.6 Å². The summed E-state index contributed by atoms with van der Waals surface area (Å²) < 4.78 is 35.0. The third-order valence-corrected chi connectivity index (χ3v) is 8.38. The number of hydrogen-bond acceptors (Lipinski definition) is 6. The molecule has 0 saturated carbocycles. The van der Waals surface area contributed by atoms with Crippen LogP contribution in [0.4, 0.5) is 0 Å². The number of carbonyl (C=O) groups is 1. The molecule has 0 aliphatic carbocycles. The van der Waals surface area contributed by atoms with Gasteiger partial charge in [0.05, 0.1) is 18.0 Å². The van der Waals surface area contributed by atoms with Crippen LogP contribution in [0, 0.1) is 0 Å². The number of carbonyl (C=O) groups excluding carboxylic acids is 1. The lowest BCUT2D eigenvalue weighted by molar-refractivity contribution is -0.119. The molecule has 0 aliphatic rings. The standard InChI is InChI=1S/C29H27N3O4S2/c33-29(31-38(34,35)27-13-17-37-21-27)11-10-25-9-7-23(20-32-15-3-14-30-32)19-28(25)36-16-12-22-6-8-24-4-1-2-5-26(24)18-22/h1-9,13-15,17-19,21H,10-12,16,20H2,(H,31,33). The molecule has 9 heteroatoms. The van der Waals surface area contributed by atoms with Crippen molar-refractivity contribution in [2.45, 2.75) is 30.7 Å². The number of sulfonamides is 1. The monoisotopic (exact) mass is 545 g/mol. The normalized spacial score (nSPS) is 11.5. The van der Waals surface area contributed by atoms with Crippen LogP contribution >= 0.6 is 11.3 Å². The van der Waals surface area contributed by atoms with E-state index in [9.17, 15) is 13.2 Å². The van der Waals surface area contributed by atoms with E-state index in [-0.39, 0.29) is 11.3 Å². The Morgan fingerprint density at radius 1 is 0.947 bits per heavy atom. The van der Waals surface area contributed by atoms with Crippen molar-refractivity contribution in [1.29, 1.82) is 0 Å². The van der Waals surface area contributed by atoms with Crippen molar-refractivity contribution in [3.63, 3.8) is 0 Å². The largest absolute Gasteiger partial charge is 0.493 e. The summed E-state index contributed by atoms with van der Waals surface area (Å²) in [5.41, 5.74) is 3.04. The van der Waals surface area contributed by atoms with Crippen LogP contribution in [0.5, 0.6) is 5.75 Å². The molecule has 0 fully saturated rings. The van der Waals surface area contributed by atoms with Crippen molar-refractivity contribution < 1.29 is 17.9 Å². The summed E-state index contributed by atoms with van der Waals surface area (Å²) in [6.07, 6.45) is 4.72. The highest BCUT2D eigenvalue weighted by molar-refractivity contribution is 7.90. The van der Waals surface area contributed by atoms with Crippen LogP contribution in [-0.4, -0.2) is 30.7 Å². The number of nitrogens with one attached hydrogen (secondary N) is 1. The van der Waals surface area contributed by atoms with Gasteiger partial charge in [0, 0.05) is 30.6 Å². The molecule has 2 heterocycles. The first-order chi connectivity index (χ1) is 18.5. The van der Waals surface area contributed by atoms with E-state index in [2.05, 4.69) is 40.2 Å². The Morgan fingerprint density at radius 2 is 1.79 bits per heavy atom. The SMILES string of the molecule is O=C(CCc1ccc(Cn2cccn2)cc1OCCc1ccc2ccccc2c1)NS(=O)(=O)c1ccsc1. The zero-order valence-electron chi connectivity index (χ0n) is 20.6. The Balaban J connectivity index is 1.27. The second-order valence-corrected chi connectivity index (χ2v) is 11.4. The van der Waals surface area contributed by atoms with Crippen LogP contribution in [0.3, 0.4) is 0 Å². The minimum atomic E-state index is -3.86. The Kier molecular flexibility index (Phi) is 7.86. The van der Waals surface area contributed by atoms with E-state index in [1.807, 2.05) is 47.3 Å². The number of hydrogen-bond donors (Lipinski definition) is 1. The second-order valence-electron chi connectivity index (χ2n) is 8.91. The number of aromatic nitrogens is 2. The molecule has 0 atom stereocenters. The highest BCUT2D eigenvalue weighted by atomic mass is 32.2. The molecule has 1 amide bonds. The van der Waals surface area contributed by atoms with Gasteiger partial charge in [0.1, 0.15) is 5.75 Å². The molecule has 3 aromatic carbocycles. The summed E-state index contributed by atoms with van der Waals surface area (Å²) >= 11 is 1.26. The van der Waals surface area contributed by atoms with E-state index in [1.54, 1.807) is 11.6 Å². The van der Waals surface area contributed by atoms with Crippen molar-refractivity contribution >= 4 is 38.0 Å². The fraction of sp³-hybridized carbons (Fsp3) is 0.172. The molecule has 5 rings (SSSR count). The fourth-order valence-electron chi connectivity index (χ4n) is 4.21. The fourth-order valence-corrected chi connectivity index (χ4v) is 6.25. The number of nitrogens with zero attached hydrogens (tertiary/aromatic N) is 2. The van der Waals surface area contributed by atoms with E-state index < -0.39 is 15.9 Å². The van der Waals surface area contributed by atoms with Gasteiger partial charge in [-0.25, -0.2) is 13.1 Å². The lowest BCUT2D eigenvalue weighted by Crippen LogP contribution is -2.30. The molecule has 0 radical (unpaired) electrons. The van der Waals surface area contributed by atoms with Gasteiger partial charge in [-0.3, -0.25) is 9.48 Å². The molecule has 0 bridgehead atoms. The summed E-state index contributed by atoms with van der Waals surface area (Å²) in [7, 11) is -3.86. The third-order valence-electron chi connectivity index (χ3n) is 6.17. The maximum atomic E-state index is 12.5. The second kappa shape index (κ2) is 11.6. The molecular formula is C29H27N3O4S2. The number of fused-ring (bicyclic) bond motifs is 1. The van der Waals surface area contributed by atoms with E-state index in [0.29, 0.717) is 25.3 Å². The summed E-state index contributed by atoms with van der Waals surface area (Å²) in [5.74, 6) is 0.128. The van der Waals surface area contributed by atoms with Crippen LogP contribution in [0.2, 0.25) is 0 Å². The average Bonchev–Trinajstić information content (AvgIpc) is 3.63. The zero-order valence-corrected chi connectivity index (χ0v) is 22.3. The number of rotatable bonds is 11. The first kappa shape index (κ1) is 25.7. The minimum absolute atomic E-state index is 0.0168. The van der Waals surface area contributed by atoms with Gasteiger partial charge in [0.25, 0.3) is 10.0 Å². The first-order valence-corrected chi connectivity index (χ1v) is 14.7. The summed E-state index contributed by atoms with van der Waals surface area (Å²) in [4.78, 5) is 12.6. The highest BCUT2D eigenvalue weighted by Crippen LogP contribution is 2.24. The lowest BCUT2D eigenvalue weighted by atomic mass is 10.0. The zero-order chi connectivity index (χ0) is 26.4. The molecule has 38 heavy (non-hydrogen) atoms. The van der Waals surface area contributed by atoms with Gasteiger partial charge in [-0.15, -0.1) is 0 Å². The van der Waals surface area contributed by atoms with Crippen molar-refractivity contribution in [2.75, 3.05) is 6.61 Å². The average molecular weight is 546 g/mol. The van der Waals surface area contributed by atoms with E-state index in [4.69, 9.17) is 4.74 Å². The molecule has 194 valence electrons. The molecule has 0 saturated heterocycles. The number of amides is 1. The smallest absolute Gasteiger partial charge is 0.264 e. The van der Waals surface area contributed by atoms with Gasteiger partial charge < -0.3 is 4.74 Å². The lowest BCUT2D eigenvalue weighted by Gasteiger charge is -2.14. The van der Waals surface area contributed by atoms with E-state index in [1.165, 1.54) is 39.1 Å². The Labute approximate surface area is 225 Å². The van der Waals surface area contributed by atoms with Gasteiger partial charge >= 0.3 is 0 Å². The van der Waals surface area contributed by atoms with Crippen LogP contribution in [0.15, 0.2) is 101 Å². The van der Waals surface area contributed by atoms with Crippen LogP contribution in [-0.2, 0) is 34.2 Å². The first-order valence-electron chi connectivity index (χ1n) is 12.2. The summed E-state index contributed by atoms with van der Waals surface area (Å²) in [5, 5.41) is 9.81. The highest BCUT2D eigenvalue weighted by Gasteiger charge is 2.18. The molecular weight excluding hydrogens is 518 g/mol. The molecule has 7 nitrogen and oxygen atoms in total. The molecule has 2 aromatic heterocycles. The third kappa shape index (κ3) is 6.48. The van der Waals surface area contributed by atoms with Gasteiger partial charge in [0.15, 0.2) is 0 Å². The Morgan fingerprint density at radius 3 is 2.58 bits per heavy atom. The topological polar surface area (TPSA) is 90.3 Å². The van der Waals surface area contributed by atoms with Crippen LogP contribution in [0.1, 0.15) is 23.1 Å². The van der Waals surface area contributed by atoms with Gasteiger partial charge in [-0.05, 0) is 57.5 Å². The number of benzene rings is 3. The maximum Gasteiger partial charge on any atom is 0.264 e.